The van der Waals surface area contributed by atoms with Gasteiger partial charge in [-0.2, -0.15) is 0 Å². The van der Waals surface area contributed by atoms with Crippen molar-refractivity contribution in [1.82, 2.24) is 9.47 Å². The number of aromatic nitrogens is 1. The molecule has 0 spiro atoms. The van der Waals surface area contributed by atoms with Crippen LogP contribution in [0.15, 0.2) is 12.3 Å². The van der Waals surface area contributed by atoms with Crippen LogP contribution in [0, 0.1) is 10.1 Å². The highest BCUT2D eigenvalue weighted by atomic mass is 16.6. The molecule has 1 heterocycles. The Morgan fingerprint density at radius 3 is 2.70 bits per heavy atom. The highest BCUT2D eigenvalue weighted by molar-refractivity contribution is 5.93. The number of likely N-dealkylation sites (N-methyl/N-ethyl adjacent to an activating group) is 1. The van der Waals surface area contributed by atoms with Crippen LogP contribution in [0.25, 0.3) is 0 Å². The predicted molar refractivity (Wildman–Crippen MR) is 72.4 cm³/mol. The standard InChI is InChI=1S/C13H19N3O4/c1-14-8-9(16(19)20)7-11(14)13(18)15(2)10-5-3-4-6-12(10)17/h7-8,10,12,17H,3-6H2,1-2H3. The van der Waals surface area contributed by atoms with Gasteiger partial charge in [-0.25, -0.2) is 0 Å². The number of carbonyl (C=O) groups excluding carboxylic acids is 1. The summed E-state index contributed by atoms with van der Waals surface area (Å²) in [5, 5.41) is 20.7. The molecule has 1 aromatic rings. The highest BCUT2D eigenvalue weighted by Crippen LogP contribution is 2.24. The van der Waals surface area contributed by atoms with Gasteiger partial charge in [0.25, 0.3) is 11.6 Å². The third-order valence-corrected chi connectivity index (χ3v) is 3.93. The van der Waals surface area contributed by atoms with E-state index in [4.69, 9.17) is 0 Å². The fourth-order valence-corrected chi connectivity index (χ4v) is 2.73. The lowest BCUT2D eigenvalue weighted by Crippen LogP contribution is -2.46. The largest absolute Gasteiger partial charge is 0.391 e. The lowest BCUT2D eigenvalue weighted by Gasteiger charge is -2.35. The normalized spacial score (nSPS) is 22.6. The molecule has 1 aliphatic carbocycles. The summed E-state index contributed by atoms with van der Waals surface area (Å²) in [4.78, 5) is 24.1. The van der Waals surface area contributed by atoms with E-state index < -0.39 is 11.0 Å². The van der Waals surface area contributed by atoms with E-state index in [1.165, 1.54) is 21.7 Å². The molecule has 1 saturated carbocycles. The van der Waals surface area contributed by atoms with Crippen molar-refractivity contribution in [3.63, 3.8) is 0 Å². The van der Waals surface area contributed by atoms with Gasteiger partial charge < -0.3 is 14.6 Å². The predicted octanol–water partition coefficient (Wildman–Crippen LogP) is 1.31. The van der Waals surface area contributed by atoms with Crippen molar-refractivity contribution in [1.29, 1.82) is 0 Å². The lowest BCUT2D eigenvalue weighted by atomic mass is 9.91. The first-order chi connectivity index (χ1) is 9.41. The number of hydrogen-bond donors (Lipinski definition) is 1. The molecule has 7 nitrogen and oxygen atoms in total. The van der Waals surface area contributed by atoms with Gasteiger partial charge in [-0.15, -0.1) is 0 Å². The zero-order valence-electron chi connectivity index (χ0n) is 11.7. The Hall–Kier alpha value is -1.89. The molecule has 1 amide bonds. The molecule has 1 aromatic heterocycles. The van der Waals surface area contributed by atoms with E-state index in [0.29, 0.717) is 6.42 Å². The van der Waals surface area contributed by atoms with Gasteiger partial charge in [0, 0.05) is 20.2 Å². The summed E-state index contributed by atoms with van der Waals surface area (Å²) in [6.07, 6.45) is 4.19. The quantitative estimate of drug-likeness (QED) is 0.668. The van der Waals surface area contributed by atoms with Crippen LogP contribution in [0.3, 0.4) is 0 Å². The van der Waals surface area contributed by atoms with E-state index in [9.17, 15) is 20.0 Å². The second-order valence-corrected chi connectivity index (χ2v) is 5.29. The van der Waals surface area contributed by atoms with Crippen LogP contribution in [-0.2, 0) is 7.05 Å². The molecular weight excluding hydrogens is 262 g/mol. The zero-order chi connectivity index (χ0) is 14.9. The molecular formula is C13H19N3O4. The highest BCUT2D eigenvalue weighted by Gasteiger charge is 2.31. The summed E-state index contributed by atoms with van der Waals surface area (Å²) < 4.78 is 1.45. The summed E-state index contributed by atoms with van der Waals surface area (Å²) in [6.45, 7) is 0. The second kappa shape index (κ2) is 5.62. The van der Waals surface area contributed by atoms with Crippen molar-refractivity contribution in [2.24, 2.45) is 7.05 Å². The van der Waals surface area contributed by atoms with Crippen LogP contribution in [0.1, 0.15) is 36.2 Å². The summed E-state index contributed by atoms with van der Waals surface area (Å²) in [5.74, 6) is -0.299. The molecule has 2 rings (SSSR count). The lowest BCUT2D eigenvalue weighted by molar-refractivity contribution is -0.384. The molecule has 2 unspecified atom stereocenters. The number of hydrogen-bond acceptors (Lipinski definition) is 4. The number of amides is 1. The third kappa shape index (κ3) is 2.67. The Labute approximate surface area is 116 Å². The smallest absolute Gasteiger partial charge is 0.287 e. The van der Waals surface area contributed by atoms with Crippen molar-refractivity contribution in [3.05, 3.63) is 28.1 Å². The second-order valence-electron chi connectivity index (χ2n) is 5.29. The average molecular weight is 281 g/mol. The Morgan fingerprint density at radius 2 is 2.15 bits per heavy atom. The minimum atomic E-state index is -0.522. The molecule has 1 aliphatic rings. The van der Waals surface area contributed by atoms with E-state index in [1.807, 2.05) is 0 Å². The number of aliphatic hydroxyl groups is 1. The zero-order valence-corrected chi connectivity index (χ0v) is 11.7. The van der Waals surface area contributed by atoms with Crippen molar-refractivity contribution >= 4 is 11.6 Å². The van der Waals surface area contributed by atoms with Gasteiger partial charge in [-0.05, 0) is 12.8 Å². The molecule has 110 valence electrons. The summed E-state index contributed by atoms with van der Waals surface area (Å²) >= 11 is 0. The Bertz CT molecular complexity index is 526. The molecule has 0 bridgehead atoms. The molecule has 20 heavy (non-hydrogen) atoms. The summed E-state index contributed by atoms with van der Waals surface area (Å²) in [6, 6.07) is 1.05. The van der Waals surface area contributed by atoms with Gasteiger partial charge in [0.1, 0.15) is 5.69 Å². The number of nitro groups is 1. The minimum Gasteiger partial charge on any atom is -0.391 e. The van der Waals surface area contributed by atoms with Crippen molar-refractivity contribution in [3.8, 4) is 0 Å². The maximum absolute atomic E-state index is 12.4. The third-order valence-electron chi connectivity index (χ3n) is 3.93. The van der Waals surface area contributed by atoms with E-state index in [-0.39, 0.29) is 23.3 Å². The van der Waals surface area contributed by atoms with E-state index >= 15 is 0 Å². The number of rotatable bonds is 3. The topological polar surface area (TPSA) is 88.6 Å². The van der Waals surface area contributed by atoms with Crippen LogP contribution in [0.5, 0.6) is 0 Å². The SMILES string of the molecule is CN(C(=O)c1cc([N+](=O)[O-])cn1C)C1CCCCC1O. The van der Waals surface area contributed by atoms with Crippen LogP contribution >= 0.6 is 0 Å². The van der Waals surface area contributed by atoms with E-state index in [1.54, 1.807) is 14.1 Å². The van der Waals surface area contributed by atoms with Gasteiger partial charge in [0.2, 0.25) is 0 Å². The Kier molecular flexibility index (Phi) is 4.08. The maximum Gasteiger partial charge on any atom is 0.287 e. The van der Waals surface area contributed by atoms with Gasteiger partial charge >= 0.3 is 0 Å². The maximum atomic E-state index is 12.4. The molecule has 1 N–H and O–H groups in total. The first-order valence-corrected chi connectivity index (χ1v) is 6.67. The van der Waals surface area contributed by atoms with Gasteiger partial charge in [-0.3, -0.25) is 14.9 Å². The summed E-state index contributed by atoms with van der Waals surface area (Å²) in [7, 11) is 3.24. The monoisotopic (exact) mass is 281 g/mol. The van der Waals surface area contributed by atoms with Crippen molar-refractivity contribution in [2.75, 3.05) is 7.05 Å². The molecule has 0 radical (unpaired) electrons. The first-order valence-electron chi connectivity index (χ1n) is 6.67. The molecule has 0 aromatic carbocycles. The van der Waals surface area contributed by atoms with Crippen molar-refractivity contribution in [2.45, 2.75) is 37.8 Å². The fraction of sp³-hybridized carbons (Fsp3) is 0.615. The fourth-order valence-electron chi connectivity index (χ4n) is 2.73. The molecule has 2 atom stereocenters. The van der Waals surface area contributed by atoms with E-state index in [0.717, 1.165) is 19.3 Å². The summed E-state index contributed by atoms with van der Waals surface area (Å²) in [5.41, 5.74) is 0.158. The average Bonchev–Trinajstić information content (AvgIpc) is 2.80. The Morgan fingerprint density at radius 1 is 1.50 bits per heavy atom. The van der Waals surface area contributed by atoms with E-state index in [2.05, 4.69) is 0 Å². The van der Waals surface area contributed by atoms with Crippen LogP contribution in [0.2, 0.25) is 0 Å². The number of aryl methyl sites for hydroxylation is 1. The Balaban J connectivity index is 2.19. The van der Waals surface area contributed by atoms with Crippen molar-refractivity contribution < 1.29 is 14.8 Å². The van der Waals surface area contributed by atoms with Gasteiger partial charge in [-0.1, -0.05) is 12.8 Å². The van der Waals surface area contributed by atoms with Crippen LogP contribution < -0.4 is 0 Å². The molecule has 1 fully saturated rings. The number of carbonyl (C=O) groups is 1. The number of aliphatic hydroxyl groups excluding tert-OH is 1. The first kappa shape index (κ1) is 14.5. The van der Waals surface area contributed by atoms with Gasteiger partial charge in [0.15, 0.2) is 0 Å². The van der Waals surface area contributed by atoms with Gasteiger partial charge in [0.05, 0.1) is 23.3 Å². The van der Waals surface area contributed by atoms with Crippen LogP contribution in [-0.4, -0.2) is 44.6 Å². The minimum absolute atomic E-state index is 0.103. The number of nitrogens with zero attached hydrogens (tertiary/aromatic N) is 3. The molecule has 0 saturated heterocycles. The van der Waals surface area contributed by atoms with Crippen LogP contribution in [0.4, 0.5) is 5.69 Å². The molecule has 0 aliphatic heterocycles. The molecule has 7 heteroatoms.